The van der Waals surface area contributed by atoms with Crippen molar-refractivity contribution in [2.75, 3.05) is 5.32 Å². The minimum atomic E-state index is -0.00769. The minimum absolute atomic E-state index is 0.00769. The van der Waals surface area contributed by atoms with Gasteiger partial charge in [0.05, 0.1) is 6.04 Å². The Bertz CT molecular complexity index is 250. The summed E-state index contributed by atoms with van der Waals surface area (Å²) in [6, 6.07) is 3.62. The maximum atomic E-state index is 5.16. The molecule has 0 bridgehead atoms. The maximum absolute atomic E-state index is 5.16. The number of hydrogen-bond donors (Lipinski definition) is 1. The van der Waals surface area contributed by atoms with E-state index in [2.05, 4.69) is 21.4 Å². The molecule has 0 amide bonds. The van der Waals surface area contributed by atoms with Crippen LogP contribution in [-0.2, 0) is 0 Å². The summed E-state index contributed by atoms with van der Waals surface area (Å²) in [5.41, 5.74) is 0. The molecule has 1 aromatic rings. The van der Waals surface area contributed by atoms with Crippen LogP contribution in [0.5, 0.6) is 0 Å². The van der Waals surface area contributed by atoms with E-state index in [4.69, 9.17) is 6.42 Å². The standard InChI is InChI=1S/C8H9N3/c1-3-7(2)10-8-5-4-6-9-11-8/h1,4-7H,2H3,(H,10,11). The van der Waals surface area contributed by atoms with Crippen LogP contribution in [-0.4, -0.2) is 16.2 Å². The number of terminal acetylenes is 1. The predicted octanol–water partition coefficient (Wildman–Crippen LogP) is 0.910. The van der Waals surface area contributed by atoms with Gasteiger partial charge in [0.2, 0.25) is 0 Å². The van der Waals surface area contributed by atoms with Gasteiger partial charge in [0.1, 0.15) is 5.82 Å². The lowest BCUT2D eigenvalue weighted by Crippen LogP contribution is -2.13. The van der Waals surface area contributed by atoms with Gasteiger partial charge in [-0.05, 0) is 19.1 Å². The summed E-state index contributed by atoms with van der Waals surface area (Å²) in [6.07, 6.45) is 6.78. The molecular formula is C8H9N3. The van der Waals surface area contributed by atoms with Crippen LogP contribution in [0.25, 0.3) is 0 Å². The molecule has 11 heavy (non-hydrogen) atoms. The molecule has 0 aliphatic rings. The molecule has 56 valence electrons. The van der Waals surface area contributed by atoms with Gasteiger partial charge in [-0.3, -0.25) is 0 Å². The Morgan fingerprint density at radius 2 is 2.55 bits per heavy atom. The van der Waals surface area contributed by atoms with E-state index in [1.54, 1.807) is 12.3 Å². The van der Waals surface area contributed by atoms with Crippen LogP contribution in [0.15, 0.2) is 18.3 Å². The third-order valence-electron chi connectivity index (χ3n) is 1.19. The number of nitrogens with zero attached hydrogens (tertiary/aromatic N) is 2. The Hall–Kier alpha value is -1.56. The van der Waals surface area contributed by atoms with Crippen molar-refractivity contribution in [1.29, 1.82) is 0 Å². The average molecular weight is 147 g/mol. The van der Waals surface area contributed by atoms with Crippen LogP contribution >= 0.6 is 0 Å². The lowest BCUT2D eigenvalue weighted by atomic mass is 10.3. The molecule has 1 atom stereocenters. The van der Waals surface area contributed by atoms with Crippen LogP contribution in [0.4, 0.5) is 5.82 Å². The Kier molecular flexibility index (Phi) is 2.45. The zero-order valence-electron chi connectivity index (χ0n) is 6.28. The molecule has 0 aliphatic heterocycles. The van der Waals surface area contributed by atoms with Gasteiger partial charge in [-0.15, -0.1) is 11.5 Å². The first-order chi connectivity index (χ1) is 5.33. The summed E-state index contributed by atoms with van der Waals surface area (Å²) in [7, 11) is 0. The Balaban J connectivity index is 2.60. The zero-order chi connectivity index (χ0) is 8.10. The van der Waals surface area contributed by atoms with Crippen molar-refractivity contribution in [3.63, 3.8) is 0 Å². The molecule has 0 saturated carbocycles. The molecule has 1 unspecified atom stereocenters. The fourth-order valence-corrected chi connectivity index (χ4v) is 0.642. The highest BCUT2D eigenvalue weighted by Crippen LogP contribution is 1.99. The van der Waals surface area contributed by atoms with Crippen molar-refractivity contribution < 1.29 is 0 Å². The van der Waals surface area contributed by atoms with Crippen LogP contribution < -0.4 is 5.32 Å². The number of rotatable bonds is 2. The quantitative estimate of drug-likeness (QED) is 0.632. The second kappa shape index (κ2) is 3.57. The highest BCUT2D eigenvalue weighted by molar-refractivity contribution is 5.35. The highest BCUT2D eigenvalue weighted by Gasteiger charge is 1.95. The largest absolute Gasteiger partial charge is 0.355 e. The third kappa shape index (κ3) is 2.26. The SMILES string of the molecule is C#CC(C)Nc1cccnn1. The molecule has 0 spiro atoms. The van der Waals surface area contributed by atoms with Crippen molar-refractivity contribution in [3.8, 4) is 12.3 Å². The van der Waals surface area contributed by atoms with Gasteiger partial charge in [-0.25, -0.2) is 0 Å². The average Bonchev–Trinajstić information content (AvgIpc) is 2.06. The Morgan fingerprint density at radius 3 is 3.09 bits per heavy atom. The fourth-order valence-electron chi connectivity index (χ4n) is 0.642. The van der Waals surface area contributed by atoms with Gasteiger partial charge in [-0.2, -0.15) is 5.10 Å². The van der Waals surface area contributed by atoms with E-state index in [0.29, 0.717) is 5.82 Å². The monoisotopic (exact) mass is 147 g/mol. The molecule has 1 N–H and O–H groups in total. The first-order valence-corrected chi connectivity index (χ1v) is 3.33. The zero-order valence-corrected chi connectivity index (χ0v) is 6.28. The summed E-state index contributed by atoms with van der Waals surface area (Å²) in [5.74, 6) is 3.24. The van der Waals surface area contributed by atoms with Gasteiger partial charge in [0.15, 0.2) is 0 Å². The van der Waals surface area contributed by atoms with Crippen molar-refractivity contribution in [2.24, 2.45) is 0 Å². The van der Waals surface area contributed by atoms with E-state index >= 15 is 0 Å². The third-order valence-corrected chi connectivity index (χ3v) is 1.19. The molecule has 0 aliphatic carbocycles. The van der Waals surface area contributed by atoms with Crippen molar-refractivity contribution in [1.82, 2.24) is 10.2 Å². The summed E-state index contributed by atoms with van der Waals surface area (Å²) in [5, 5.41) is 10.5. The molecular weight excluding hydrogens is 138 g/mol. The summed E-state index contributed by atoms with van der Waals surface area (Å²) in [4.78, 5) is 0. The topological polar surface area (TPSA) is 37.8 Å². The van der Waals surface area contributed by atoms with E-state index in [9.17, 15) is 0 Å². The first kappa shape index (κ1) is 7.55. The first-order valence-electron chi connectivity index (χ1n) is 3.33. The van der Waals surface area contributed by atoms with Gasteiger partial charge >= 0.3 is 0 Å². The predicted molar refractivity (Wildman–Crippen MR) is 43.9 cm³/mol. The van der Waals surface area contributed by atoms with E-state index in [1.807, 2.05) is 13.0 Å². The normalized spacial score (nSPS) is 11.6. The van der Waals surface area contributed by atoms with Gasteiger partial charge < -0.3 is 5.32 Å². The van der Waals surface area contributed by atoms with E-state index in [1.165, 1.54) is 0 Å². The molecule has 1 aromatic heterocycles. The van der Waals surface area contributed by atoms with E-state index in [0.717, 1.165) is 0 Å². The molecule has 1 heterocycles. The lowest BCUT2D eigenvalue weighted by molar-refractivity contribution is 0.962. The second-order valence-corrected chi connectivity index (χ2v) is 2.14. The number of hydrogen-bond acceptors (Lipinski definition) is 3. The summed E-state index contributed by atoms with van der Waals surface area (Å²) >= 11 is 0. The number of nitrogens with one attached hydrogen (secondary N) is 1. The van der Waals surface area contributed by atoms with Gasteiger partial charge in [-0.1, -0.05) is 5.92 Å². The highest BCUT2D eigenvalue weighted by atomic mass is 15.2. The molecule has 0 aromatic carbocycles. The number of aromatic nitrogens is 2. The van der Waals surface area contributed by atoms with Crippen molar-refractivity contribution in [3.05, 3.63) is 18.3 Å². The summed E-state index contributed by atoms with van der Waals surface area (Å²) in [6.45, 7) is 1.88. The van der Waals surface area contributed by atoms with Crippen LogP contribution in [0.2, 0.25) is 0 Å². The Labute approximate surface area is 65.8 Å². The van der Waals surface area contributed by atoms with Gasteiger partial charge in [0, 0.05) is 6.20 Å². The molecule has 0 radical (unpaired) electrons. The summed E-state index contributed by atoms with van der Waals surface area (Å²) < 4.78 is 0. The van der Waals surface area contributed by atoms with Crippen molar-refractivity contribution >= 4 is 5.82 Å². The molecule has 0 fully saturated rings. The molecule has 0 saturated heterocycles. The Morgan fingerprint density at radius 1 is 1.73 bits per heavy atom. The smallest absolute Gasteiger partial charge is 0.149 e. The minimum Gasteiger partial charge on any atom is -0.355 e. The maximum Gasteiger partial charge on any atom is 0.149 e. The fraction of sp³-hybridized carbons (Fsp3) is 0.250. The van der Waals surface area contributed by atoms with Crippen LogP contribution in [0.3, 0.4) is 0 Å². The van der Waals surface area contributed by atoms with Crippen LogP contribution in [0, 0.1) is 12.3 Å². The molecule has 3 heteroatoms. The van der Waals surface area contributed by atoms with E-state index in [-0.39, 0.29) is 6.04 Å². The van der Waals surface area contributed by atoms with E-state index < -0.39 is 0 Å². The van der Waals surface area contributed by atoms with Crippen molar-refractivity contribution in [2.45, 2.75) is 13.0 Å². The van der Waals surface area contributed by atoms with Gasteiger partial charge in [0.25, 0.3) is 0 Å². The lowest BCUT2D eigenvalue weighted by Gasteiger charge is -2.05. The second-order valence-electron chi connectivity index (χ2n) is 2.14. The molecule has 1 rings (SSSR count). The molecule has 3 nitrogen and oxygen atoms in total. The van der Waals surface area contributed by atoms with Crippen LogP contribution in [0.1, 0.15) is 6.92 Å². The number of anilines is 1.